The normalized spacial score (nSPS) is 18.2. The molecule has 7 rings (SSSR count). The number of nitrogens with one attached hydrogen (secondary N) is 4. The number of hydrogen-bond donors (Lipinski definition) is 4. The van der Waals surface area contributed by atoms with Gasteiger partial charge in [-0.3, -0.25) is 9.59 Å². The Labute approximate surface area is 349 Å². The van der Waals surface area contributed by atoms with E-state index in [1.54, 1.807) is 0 Å². The van der Waals surface area contributed by atoms with Gasteiger partial charge in [0, 0.05) is 30.0 Å². The summed E-state index contributed by atoms with van der Waals surface area (Å²) in [5, 5.41) is 6.28. The van der Waals surface area contributed by atoms with Crippen molar-refractivity contribution in [3.05, 3.63) is 84.7 Å². The molecule has 0 radical (unpaired) electrons. The van der Waals surface area contributed by atoms with Crippen LogP contribution in [0.5, 0.6) is 0 Å². The predicted molar refractivity (Wildman–Crippen MR) is 228 cm³/mol. The topological polar surface area (TPSA) is 206 Å². The number of nitrogens with zero attached hydrogens (tertiary/aromatic N) is 4. The van der Waals surface area contributed by atoms with E-state index in [1.807, 2.05) is 45.0 Å². The molecule has 6 N–H and O–H groups in total. The first-order valence-corrected chi connectivity index (χ1v) is 20.5. The number of carbonyl (C=O) groups is 4. The number of fused-ring (bicyclic) bond motifs is 1. The van der Waals surface area contributed by atoms with Crippen LogP contribution in [0.3, 0.4) is 0 Å². The molecule has 5 aromatic rings. The molecule has 15 heteroatoms. The summed E-state index contributed by atoms with van der Waals surface area (Å²) in [6.07, 6.45) is 7.49. The molecule has 0 bridgehead atoms. The first-order valence-electron chi connectivity index (χ1n) is 20.5. The summed E-state index contributed by atoms with van der Waals surface area (Å²) in [4.78, 5) is 69.5. The third kappa shape index (κ3) is 9.15. The van der Waals surface area contributed by atoms with Gasteiger partial charge in [0.25, 0.3) is 0 Å². The number of benzene rings is 3. The van der Waals surface area contributed by atoms with Gasteiger partial charge in [0.2, 0.25) is 11.8 Å². The van der Waals surface area contributed by atoms with Crippen LogP contribution in [0.15, 0.2) is 73.1 Å². The number of imidazole rings is 2. The molecule has 1 saturated carbocycles. The van der Waals surface area contributed by atoms with E-state index in [9.17, 15) is 19.2 Å². The lowest BCUT2D eigenvalue weighted by molar-refractivity contribution is -0.142. The maximum Gasteiger partial charge on any atom is 0.425 e. The lowest BCUT2D eigenvalue weighted by Crippen LogP contribution is -2.53. The van der Waals surface area contributed by atoms with Crippen molar-refractivity contribution in [2.45, 2.75) is 90.3 Å². The van der Waals surface area contributed by atoms with Crippen LogP contribution in [0, 0.1) is 11.8 Å². The third-order valence-electron chi connectivity index (χ3n) is 11.7. The Balaban J connectivity index is 0.00000604. The lowest BCUT2D eigenvalue weighted by Gasteiger charge is -2.35. The highest BCUT2D eigenvalue weighted by Crippen LogP contribution is 2.39. The van der Waals surface area contributed by atoms with Crippen LogP contribution in [0.2, 0.25) is 0 Å². The molecule has 2 unspecified atom stereocenters. The Morgan fingerprint density at radius 3 is 1.98 bits per heavy atom. The molecular formula is C45H56N8O7. The zero-order chi connectivity index (χ0) is 41.8. The maximum atomic E-state index is 13.7. The number of alkyl carbamates (subject to hydrolysis) is 1. The predicted octanol–water partition coefficient (Wildman–Crippen LogP) is 7.29. The van der Waals surface area contributed by atoms with Crippen LogP contribution in [0.1, 0.15) is 89.8 Å². The van der Waals surface area contributed by atoms with Crippen LogP contribution >= 0.6 is 0 Å². The molecule has 1 saturated heterocycles. The minimum absolute atomic E-state index is 0. The molecule has 0 spiro atoms. The number of rotatable bonds is 10. The van der Waals surface area contributed by atoms with E-state index in [4.69, 9.17) is 19.4 Å². The van der Waals surface area contributed by atoms with Crippen molar-refractivity contribution < 1.29 is 34.1 Å². The molecule has 1 aliphatic heterocycles. The van der Waals surface area contributed by atoms with E-state index in [-0.39, 0.29) is 47.1 Å². The van der Waals surface area contributed by atoms with Crippen molar-refractivity contribution in [1.29, 1.82) is 0 Å². The second-order valence-corrected chi connectivity index (χ2v) is 16.2. The zero-order valence-electron chi connectivity index (χ0n) is 35.1. The number of hydrazine groups is 1. The number of likely N-dealkylation sites (tertiary alicyclic amines) is 1. The Bertz CT molecular complexity index is 2300. The van der Waals surface area contributed by atoms with E-state index < -0.39 is 18.2 Å². The smallest absolute Gasteiger partial charge is 0.425 e. The van der Waals surface area contributed by atoms with E-state index in [1.165, 1.54) is 19.2 Å². The summed E-state index contributed by atoms with van der Waals surface area (Å²) in [5.41, 5.74) is 8.51. The molecule has 3 heterocycles. The van der Waals surface area contributed by atoms with E-state index in [2.05, 4.69) is 81.4 Å². The standard InChI is InChI=1S/C45H54N8O6.H2O/c1-26(2)39(50-44(56)58-5)43(55)52-21-9-12-38(52)41-47-24-36(49-41)29-15-13-28(14-16-29)30-17-18-32-23-33(20-19-31(32)22-30)37-25-46-40(48-37)34-10-7-8-11-35(34)42(54)53(27(3)4)51-45(57)59-6;/h13-20,22-27,34-35,38-39H,7-12,21H2,1-6H3,(H,46,48)(H,47,49)(H,50,56)(H,51,57);1H2/t34-,35+,38?,39?;/m0./s1. The number of carbonyl (C=O) groups excluding carboxylic acids is 4. The molecule has 318 valence electrons. The minimum atomic E-state index is -0.687. The molecule has 1 aliphatic carbocycles. The van der Waals surface area contributed by atoms with Gasteiger partial charge in [0.15, 0.2) is 0 Å². The van der Waals surface area contributed by atoms with Gasteiger partial charge in [0.05, 0.1) is 44.0 Å². The number of methoxy groups -OCH3 is 2. The van der Waals surface area contributed by atoms with E-state index in [0.29, 0.717) is 6.54 Å². The quantitative estimate of drug-likeness (QED) is 0.105. The highest BCUT2D eigenvalue weighted by atomic mass is 16.5. The number of hydrogen-bond acceptors (Lipinski definition) is 8. The summed E-state index contributed by atoms with van der Waals surface area (Å²) in [6.45, 7) is 8.13. The zero-order valence-corrected chi connectivity index (χ0v) is 35.1. The SMILES string of the molecule is COC(=O)NC(C(=O)N1CCCC1c1ncc(-c2ccc(-c3ccc4cc(-c5cnc([C@H]6CCCC[C@H]6C(=O)N(NC(=O)OC)C(C)C)[nH]5)ccc4c3)cc2)[nH]1)C(C)C.O. The molecule has 2 aliphatic rings. The fourth-order valence-electron chi connectivity index (χ4n) is 8.47. The van der Waals surface area contributed by atoms with Crippen molar-refractivity contribution in [2.75, 3.05) is 20.8 Å². The second kappa shape index (κ2) is 18.8. The molecule has 3 aromatic carbocycles. The Kier molecular flexibility index (Phi) is 13.6. The van der Waals surface area contributed by atoms with Crippen LogP contribution in [0.4, 0.5) is 9.59 Å². The molecule has 4 amide bonds. The van der Waals surface area contributed by atoms with Crippen molar-refractivity contribution in [1.82, 2.24) is 40.6 Å². The number of ether oxygens (including phenoxy) is 2. The third-order valence-corrected chi connectivity index (χ3v) is 11.7. The summed E-state index contributed by atoms with van der Waals surface area (Å²) < 4.78 is 9.53. The number of amides is 4. The fraction of sp³-hybridized carbons (Fsp3) is 0.422. The second-order valence-electron chi connectivity index (χ2n) is 16.2. The summed E-state index contributed by atoms with van der Waals surface area (Å²) in [5.74, 6) is 0.732. The average Bonchev–Trinajstić information content (AvgIpc) is 4.06. The monoisotopic (exact) mass is 820 g/mol. The first-order chi connectivity index (χ1) is 28.4. The van der Waals surface area contributed by atoms with Gasteiger partial charge in [0.1, 0.15) is 17.7 Å². The van der Waals surface area contributed by atoms with Gasteiger partial charge in [-0.25, -0.2) is 30.0 Å². The summed E-state index contributed by atoms with van der Waals surface area (Å²) >= 11 is 0. The molecule has 4 atom stereocenters. The van der Waals surface area contributed by atoms with Gasteiger partial charge in [-0.2, -0.15) is 0 Å². The van der Waals surface area contributed by atoms with Crippen molar-refractivity contribution in [3.63, 3.8) is 0 Å². The lowest BCUT2D eigenvalue weighted by atomic mass is 9.78. The first kappa shape index (κ1) is 43.4. The Hall–Kier alpha value is -6.22. The van der Waals surface area contributed by atoms with Crippen LogP contribution < -0.4 is 10.7 Å². The minimum Gasteiger partial charge on any atom is -0.453 e. The van der Waals surface area contributed by atoms with Crippen LogP contribution in [-0.2, 0) is 19.1 Å². The summed E-state index contributed by atoms with van der Waals surface area (Å²) in [6, 6.07) is 20.0. The van der Waals surface area contributed by atoms with Gasteiger partial charge in [-0.1, -0.05) is 75.2 Å². The molecular weight excluding hydrogens is 765 g/mol. The Morgan fingerprint density at radius 1 is 0.733 bits per heavy atom. The van der Waals surface area contributed by atoms with Crippen molar-refractivity contribution in [2.24, 2.45) is 11.8 Å². The van der Waals surface area contributed by atoms with E-state index >= 15 is 0 Å². The van der Waals surface area contributed by atoms with Crippen LogP contribution in [-0.4, -0.2) is 92.2 Å². The average molecular weight is 821 g/mol. The molecule has 15 nitrogen and oxygen atoms in total. The van der Waals surface area contributed by atoms with Crippen LogP contribution in [0.25, 0.3) is 44.4 Å². The van der Waals surface area contributed by atoms with Crippen molar-refractivity contribution >= 4 is 34.8 Å². The number of aromatic nitrogens is 4. The largest absolute Gasteiger partial charge is 0.453 e. The van der Waals surface area contributed by atoms with Gasteiger partial charge < -0.3 is 35.1 Å². The highest BCUT2D eigenvalue weighted by Gasteiger charge is 2.39. The van der Waals surface area contributed by atoms with Gasteiger partial charge in [-0.15, -0.1) is 0 Å². The summed E-state index contributed by atoms with van der Waals surface area (Å²) in [7, 11) is 2.58. The highest BCUT2D eigenvalue weighted by molar-refractivity contribution is 5.91. The molecule has 2 aromatic heterocycles. The number of H-pyrrole nitrogens is 2. The maximum absolute atomic E-state index is 13.7. The van der Waals surface area contributed by atoms with Gasteiger partial charge >= 0.3 is 12.2 Å². The molecule has 2 fully saturated rings. The van der Waals surface area contributed by atoms with E-state index in [0.717, 1.165) is 94.6 Å². The van der Waals surface area contributed by atoms with Gasteiger partial charge in [-0.05, 0) is 85.0 Å². The number of aromatic amines is 2. The van der Waals surface area contributed by atoms with Crippen molar-refractivity contribution in [3.8, 4) is 33.6 Å². The molecule has 60 heavy (non-hydrogen) atoms. The fourth-order valence-corrected chi connectivity index (χ4v) is 8.47. The Morgan fingerprint density at radius 2 is 1.32 bits per heavy atom.